The summed E-state index contributed by atoms with van der Waals surface area (Å²) < 4.78 is 17.2. The summed E-state index contributed by atoms with van der Waals surface area (Å²) in [6, 6.07) is 12.3. The summed E-state index contributed by atoms with van der Waals surface area (Å²) in [6.45, 7) is 5.22. The molecule has 1 saturated carbocycles. The molecule has 2 aromatic rings. The number of carbonyl (C=O) groups excluding carboxylic acids is 2. The molecule has 1 fully saturated rings. The van der Waals surface area contributed by atoms with Gasteiger partial charge in [0.15, 0.2) is 0 Å². The minimum atomic E-state index is -0.446. The molecule has 0 aliphatic heterocycles. The predicted octanol–water partition coefficient (Wildman–Crippen LogP) is 7.06. The first-order chi connectivity index (χ1) is 19.3. The number of rotatable bonds is 15. The van der Waals surface area contributed by atoms with E-state index >= 15 is 0 Å². The van der Waals surface area contributed by atoms with Crippen LogP contribution in [0.4, 0.5) is 11.4 Å². The maximum absolute atomic E-state index is 12.6. The Morgan fingerprint density at radius 2 is 1.52 bits per heavy atom. The molecule has 1 atom stereocenters. The first-order valence-electron chi connectivity index (χ1n) is 14.8. The van der Waals surface area contributed by atoms with E-state index in [1.165, 1.54) is 38.2 Å². The maximum Gasteiger partial charge on any atom is 0.338 e. The van der Waals surface area contributed by atoms with Gasteiger partial charge in [0, 0.05) is 30.0 Å². The molecule has 0 aromatic heterocycles. The fraction of sp³-hybridized carbons (Fsp3) is 0.515. The zero-order valence-electron chi connectivity index (χ0n) is 24.1. The van der Waals surface area contributed by atoms with Gasteiger partial charge in [0.1, 0.15) is 6.10 Å². The number of benzene rings is 2. The SMILES string of the molecule is CCCCCCCCOC1CCC(OC(=O)c2ccc(/C=C/C(=O)OCC(C)c3cc(N)cc(N)c3)cc2)CC1. The smallest absolute Gasteiger partial charge is 0.338 e. The largest absolute Gasteiger partial charge is 0.462 e. The molecule has 7 heteroatoms. The molecule has 218 valence electrons. The van der Waals surface area contributed by atoms with Gasteiger partial charge in [-0.15, -0.1) is 0 Å². The quantitative estimate of drug-likeness (QED) is 0.106. The summed E-state index contributed by atoms with van der Waals surface area (Å²) >= 11 is 0. The summed E-state index contributed by atoms with van der Waals surface area (Å²) in [5, 5.41) is 0. The molecule has 0 heterocycles. The van der Waals surface area contributed by atoms with Crippen molar-refractivity contribution in [3.8, 4) is 0 Å². The van der Waals surface area contributed by atoms with Crippen LogP contribution in [-0.2, 0) is 19.0 Å². The van der Waals surface area contributed by atoms with Crippen LogP contribution in [0, 0.1) is 0 Å². The van der Waals surface area contributed by atoms with Crippen LogP contribution in [0.15, 0.2) is 48.5 Å². The van der Waals surface area contributed by atoms with Gasteiger partial charge in [-0.25, -0.2) is 9.59 Å². The fourth-order valence-corrected chi connectivity index (χ4v) is 4.90. The highest BCUT2D eigenvalue weighted by molar-refractivity contribution is 5.90. The first-order valence-corrected chi connectivity index (χ1v) is 14.8. The third-order valence-electron chi connectivity index (χ3n) is 7.35. The van der Waals surface area contributed by atoms with Crippen LogP contribution in [0.5, 0.6) is 0 Å². The second-order valence-corrected chi connectivity index (χ2v) is 10.9. The molecule has 4 N–H and O–H groups in total. The molecule has 0 saturated heterocycles. The number of hydrogen-bond acceptors (Lipinski definition) is 7. The summed E-state index contributed by atoms with van der Waals surface area (Å²) in [5.74, 6) is -0.803. The highest BCUT2D eigenvalue weighted by atomic mass is 16.5. The van der Waals surface area contributed by atoms with Crippen LogP contribution in [0.3, 0.4) is 0 Å². The number of unbranched alkanes of at least 4 members (excludes halogenated alkanes) is 5. The molecular weight excluding hydrogens is 504 g/mol. The third kappa shape index (κ3) is 11.0. The zero-order chi connectivity index (χ0) is 28.7. The Balaban J connectivity index is 1.34. The standard InChI is InChI=1S/C33H46N2O5/c1-3-4-5-6-7-8-19-38-30-14-16-31(17-15-30)40-33(37)26-12-9-25(10-13-26)11-18-32(36)39-23-24(2)27-20-28(34)22-29(35)21-27/h9-13,18,20-22,24,30-31H,3-8,14-17,19,23,34-35H2,1-2H3/b18-11+. The summed E-state index contributed by atoms with van der Waals surface area (Å²) in [4.78, 5) is 24.8. The van der Waals surface area contributed by atoms with Gasteiger partial charge in [0.2, 0.25) is 0 Å². The number of ether oxygens (including phenoxy) is 3. The normalized spacial score (nSPS) is 17.9. The Bertz CT molecular complexity index is 1070. The Morgan fingerprint density at radius 1 is 0.900 bits per heavy atom. The summed E-state index contributed by atoms with van der Waals surface area (Å²) in [6.07, 6.45) is 14.4. The van der Waals surface area contributed by atoms with E-state index in [-0.39, 0.29) is 30.7 Å². The van der Waals surface area contributed by atoms with Crippen molar-refractivity contribution >= 4 is 29.4 Å². The van der Waals surface area contributed by atoms with Crippen molar-refractivity contribution in [2.45, 2.75) is 96.2 Å². The highest BCUT2D eigenvalue weighted by Crippen LogP contribution is 2.25. The van der Waals surface area contributed by atoms with Crippen LogP contribution < -0.4 is 11.5 Å². The van der Waals surface area contributed by atoms with Gasteiger partial charge < -0.3 is 25.7 Å². The van der Waals surface area contributed by atoms with Gasteiger partial charge >= 0.3 is 11.9 Å². The van der Waals surface area contributed by atoms with E-state index in [1.807, 2.05) is 19.1 Å². The Labute approximate surface area is 239 Å². The van der Waals surface area contributed by atoms with Crippen molar-refractivity contribution in [1.82, 2.24) is 0 Å². The zero-order valence-corrected chi connectivity index (χ0v) is 24.1. The average molecular weight is 551 g/mol. The molecule has 40 heavy (non-hydrogen) atoms. The molecule has 2 aromatic carbocycles. The lowest BCUT2D eigenvalue weighted by atomic mass is 9.95. The molecule has 0 radical (unpaired) electrons. The van der Waals surface area contributed by atoms with Gasteiger partial charge in [0.05, 0.1) is 18.3 Å². The Kier molecular flexibility index (Phi) is 13.0. The molecular formula is C33H46N2O5. The van der Waals surface area contributed by atoms with Crippen LogP contribution in [0.2, 0.25) is 0 Å². The molecule has 0 amide bonds. The van der Waals surface area contributed by atoms with E-state index in [0.717, 1.165) is 49.8 Å². The van der Waals surface area contributed by atoms with Crippen molar-refractivity contribution in [1.29, 1.82) is 0 Å². The summed E-state index contributed by atoms with van der Waals surface area (Å²) in [7, 11) is 0. The van der Waals surface area contributed by atoms with Crippen LogP contribution in [-0.4, -0.2) is 37.4 Å². The van der Waals surface area contributed by atoms with Gasteiger partial charge in [-0.1, -0.05) is 58.1 Å². The number of anilines is 2. The van der Waals surface area contributed by atoms with Gasteiger partial charge in [-0.3, -0.25) is 0 Å². The summed E-state index contributed by atoms with van der Waals surface area (Å²) in [5.41, 5.74) is 15.1. The Hall–Kier alpha value is -3.32. The molecule has 1 unspecified atom stereocenters. The lowest BCUT2D eigenvalue weighted by Gasteiger charge is -2.28. The van der Waals surface area contributed by atoms with Crippen LogP contribution >= 0.6 is 0 Å². The van der Waals surface area contributed by atoms with Crippen molar-refractivity contribution in [3.63, 3.8) is 0 Å². The second kappa shape index (κ2) is 16.7. The topological polar surface area (TPSA) is 114 Å². The van der Waals surface area contributed by atoms with Gasteiger partial charge in [-0.2, -0.15) is 0 Å². The molecule has 0 bridgehead atoms. The minimum absolute atomic E-state index is 0.0406. The third-order valence-corrected chi connectivity index (χ3v) is 7.35. The van der Waals surface area contributed by atoms with Crippen LogP contribution in [0.1, 0.15) is 105 Å². The number of carbonyl (C=O) groups is 2. The van der Waals surface area contributed by atoms with Crippen molar-refractivity contribution in [2.24, 2.45) is 0 Å². The molecule has 0 spiro atoms. The van der Waals surface area contributed by atoms with Gasteiger partial charge in [-0.05, 0) is 79.6 Å². The average Bonchev–Trinajstić information content (AvgIpc) is 2.95. The molecule has 3 rings (SSSR count). The lowest BCUT2D eigenvalue weighted by molar-refractivity contribution is -0.138. The molecule has 1 aliphatic carbocycles. The van der Waals surface area contributed by atoms with Crippen molar-refractivity contribution in [3.05, 3.63) is 65.2 Å². The lowest BCUT2D eigenvalue weighted by Crippen LogP contribution is -2.28. The second-order valence-electron chi connectivity index (χ2n) is 10.9. The molecule has 7 nitrogen and oxygen atoms in total. The van der Waals surface area contributed by atoms with E-state index in [0.29, 0.717) is 16.9 Å². The van der Waals surface area contributed by atoms with Gasteiger partial charge in [0.25, 0.3) is 0 Å². The van der Waals surface area contributed by atoms with Crippen LogP contribution in [0.25, 0.3) is 6.08 Å². The monoisotopic (exact) mass is 550 g/mol. The molecule has 1 aliphatic rings. The minimum Gasteiger partial charge on any atom is -0.462 e. The number of nitrogens with two attached hydrogens (primary N) is 2. The number of hydrogen-bond donors (Lipinski definition) is 2. The first kappa shape index (κ1) is 31.2. The van der Waals surface area contributed by atoms with E-state index in [9.17, 15) is 9.59 Å². The van der Waals surface area contributed by atoms with E-state index < -0.39 is 5.97 Å². The Morgan fingerprint density at radius 3 is 2.20 bits per heavy atom. The van der Waals surface area contributed by atoms with E-state index in [1.54, 1.807) is 36.4 Å². The van der Waals surface area contributed by atoms with E-state index in [4.69, 9.17) is 25.7 Å². The number of nitrogen functional groups attached to an aromatic ring is 2. The number of esters is 2. The predicted molar refractivity (Wildman–Crippen MR) is 161 cm³/mol. The van der Waals surface area contributed by atoms with Crippen molar-refractivity contribution < 1.29 is 23.8 Å². The van der Waals surface area contributed by atoms with E-state index in [2.05, 4.69) is 6.92 Å². The fourth-order valence-electron chi connectivity index (χ4n) is 4.90. The highest BCUT2D eigenvalue weighted by Gasteiger charge is 2.24. The van der Waals surface area contributed by atoms with Crippen molar-refractivity contribution in [2.75, 3.05) is 24.7 Å². The maximum atomic E-state index is 12.6.